The fraction of sp³-hybridized carbons (Fsp3) is 0.0556. The summed E-state index contributed by atoms with van der Waals surface area (Å²) in [6.07, 6.45) is 5.04. The topological polar surface area (TPSA) is 55.1 Å². The maximum Gasteiger partial charge on any atom is 0.223 e. The highest BCUT2D eigenvalue weighted by Crippen LogP contribution is 2.27. The van der Waals surface area contributed by atoms with Crippen molar-refractivity contribution in [3.05, 3.63) is 76.7 Å². The molecule has 8 heteroatoms. The van der Waals surface area contributed by atoms with Crippen LogP contribution in [0.3, 0.4) is 0 Å². The number of nitrogens with zero attached hydrogens (tertiary/aromatic N) is 4. The molecule has 4 aromatic rings. The number of pyridine rings is 1. The van der Waals surface area contributed by atoms with Crippen molar-refractivity contribution in [3.8, 4) is 11.4 Å². The molecule has 0 aliphatic rings. The molecule has 0 fully saturated rings. The lowest BCUT2D eigenvalue weighted by Gasteiger charge is -2.09. The van der Waals surface area contributed by atoms with Crippen LogP contribution in [0.2, 0.25) is 10.3 Å². The number of hydrogen-bond acceptors (Lipinski definition) is 4. The van der Waals surface area contributed by atoms with Crippen LogP contribution in [0.1, 0.15) is 5.56 Å². The number of halogens is 3. The quantitative estimate of drug-likeness (QED) is 0.508. The number of fused-ring (bicyclic) bond motifs is 1. The molecule has 0 amide bonds. The van der Waals surface area contributed by atoms with Gasteiger partial charge in [0.25, 0.3) is 0 Å². The summed E-state index contributed by atoms with van der Waals surface area (Å²) < 4.78 is 14.9. The number of imidazole rings is 1. The monoisotopic (exact) mass is 387 g/mol. The molecule has 0 saturated heterocycles. The van der Waals surface area contributed by atoms with Crippen molar-refractivity contribution >= 4 is 34.5 Å². The summed E-state index contributed by atoms with van der Waals surface area (Å²) in [5, 5.41) is 3.81. The van der Waals surface area contributed by atoms with Crippen molar-refractivity contribution in [3.63, 3.8) is 0 Å². The summed E-state index contributed by atoms with van der Waals surface area (Å²) in [6, 6.07) is 10.2. The van der Waals surface area contributed by atoms with Gasteiger partial charge in [-0.1, -0.05) is 23.7 Å². The van der Waals surface area contributed by atoms with Crippen LogP contribution >= 0.6 is 23.2 Å². The zero-order chi connectivity index (χ0) is 18.1. The zero-order valence-corrected chi connectivity index (χ0v) is 14.8. The lowest BCUT2D eigenvalue weighted by atomic mass is 10.2. The van der Waals surface area contributed by atoms with Gasteiger partial charge in [0.05, 0.1) is 28.8 Å². The summed E-state index contributed by atoms with van der Waals surface area (Å²) >= 11 is 12.1. The predicted octanol–water partition coefficient (Wildman–Crippen LogP) is 4.85. The maximum atomic E-state index is 13.0. The highest BCUT2D eigenvalue weighted by molar-refractivity contribution is 6.33. The molecule has 0 aliphatic heterocycles. The van der Waals surface area contributed by atoms with Crippen LogP contribution in [0.5, 0.6) is 0 Å². The largest absolute Gasteiger partial charge is 0.380 e. The molecule has 0 atom stereocenters. The third-order valence-corrected chi connectivity index (χ3v) is 4.33. The Labute approximate surface area is 158 Å². The Balaban J connectivity index is 1.66. The van der Waals surface area contributed by atoms with E-state index < -0.39 is 0 Å². The molecule has 0 radical (unpaired) electrons. The van der Waals surface area contributed by atoms with Crippen LogP contribution in [0.4, 0.5) is 10.1 Å². The minimum absolute atomic E-state index is 0.116. The van der Waals surface area contributed by atoms with Gasteiger partial charge < -0.3 is 5.32 Å². The van der Waals surface area contributed by atoms with Gasteiger partial charge in [-0.05, 0) is 41.4 Å². The first-order valence-corrected chi connectivity index (χ1v) is 8.49. The van der Waals surface area contributed by atoms with Gasteiger partial charge in [-0.3, -0.25) is 4.40 Å². The van der Waals surface area contributed by atoms with Gasteiger partial charge in [-0.25, -0.2) is 19.3 Å². The molecule has 26 heavy (non-hydrogen) atoms. The number of rotatable bonds is 4. The number of nitrogens with one attached hydrogen (secondary N) is 1. The highest BCUT2D eigenvalue weighted by Gasteiger charge is 2.13. The van der Waals surface area contributed by atoms with Crippen LogP contribution in [-0.4, -0.2) is 19.4 Å². The molecule has 3 aromatic heterocycles. The summed E-state index contributed by atoms with van der Waals surface area (Å²) in [4.78, 5) is 12.4. The molecule has 5 nitrogen and oxygen atoms in total. The number of hydrogen-bond donors (Lipinski definition) is 1. The molecular weight excluding hydrogens is 376 g/mol. The Kier molecular flexibility index (Phi) is 4.44. The van der Waals surface area contributed by atoms with Gasteiger partial charge in [0.2, 0.25) is 5.28 Å². The van der Waals surface area contributed by atoms with E-state index in [2.05, 4.69) is 20.3 Å². The third-order valence-electron chi connectivity index (χ3n) is 3.87. The number of anilines is 1. The zero-order valence-electron chi connectivity index (χ0n) is 13.3. The Hall–Kier alpha value is -2.70. The van der Waals surface area contributed by atoms with Crippen molar-refractivity contribution in [2.75, 3.05) is 5.32 Å². The SMILES string of the molecule is Fc1ccc(CNc2ccc3ncc(-c4nc(Cl)ncc4Cl)n3c2)cc1. The van der Waals surface area contributed by atoms with E-state index in [0.29, 0.717) is 23.0 Å². The lowest BCUT2D eigenvalue weighted by Crippen LogP contribution is -2.01. The first-order chi connectivity index (χ1) is 12.6. The van der Waals surface area contributed by atoms with Crippen LogP contribution in [0.25, 0.3) is 17.0 Å². The molecule has 0 spiro atoms. The molecule has 0 aliphatic carbocycles. The Bertz CT molecular complexity index is 1080. The number of benzene rings is 1. The van der Waals surface area contributed by atoms with E-state index in [1.807, 2.05) is 22.7 Å². The second-order valence-electron chi connectivity index (χ2n) is 5.61. The summed E-state index contributed by atoms with van der Waals surface area (Å²) in [5.74, 6) is -0.251. The molecule has 0 unspecified atom stereocenters. The molecule has 1 N–H and O–H groups in total. The molecule has 0 bridgehead atoms. The summed E-state index contributed by atoms with van der Waals surface area (Å²) in [7, 11) is 0. The van der Waals surface area contributed by atoms with E-state index in [1.165, 1.54) is 18.3 Å². The Morgan fingerprint density at radius 1 is 1.00 bits per heavy atom. The van der Waals surface area contributed by atoms with Crippen LogP contribution in [0.15, 0.2) is 55.0 Å². The predicted molar refractivity (Wildman–Crippen MR) is 100.0 cm³/mol. The van der Waals surface area contributed by atoms with Gasteiger partial charge in [0.1, 0.15) is 17.2 Å². The summed E-state index contributed by atoms with van der Waals surface area (Å²) in [6.45, 7) is 0.565. The van der Waals surface area contributed by atoms with Crippen LogP contribution in [-0.2, 0) is 6.54 Å². The minimum atomic E-state index is -0.251. The molecule has 0 saturated carbocycles. The van der Waals surface area contributed by atoms with E-state index in [1.54, 1.807) is 18.3 Å². The van der Waals surface area contributed by atoms with Gasteiger partial charge in [0, 0.05) is 12.7 Å². The van der Waals surface area contributed by atoms with Gasteiger partial charge in [-0.15, -0.1) is 0 Å². The van der Waals surface area contributed by atoms with E-state index in [4.69, 9.17) is 23.2 Å². The van der Waals surface area contributed by atoms with Crippen molar-refractivity contribution in [1.82, 2.24) is 19.4 Å². The lowest BCUT2D eigenvalue weighted by molar-refractivity contribution is 0.627. The van der Waals surface area contributed by atoms with Crippen LogP contribution in [0, 0.1) is 5.82 Å². The molecule has 4 rings (SSSR count). The van der Waals surface area contributed by atoms with Crippen molar-refractivity contribution in [1.29, 1.82) is 0 Å². The molecule has 1 aromatic carbocycles. The molecule has 3 heterocycles. The Morgan fingerprint density at radius 3 is 2.62 bits per heavy atom. The normalized spacial score (nSPS) is 11.0. The Morgan fingerprint density at radius 2 is 1.81 bits per heavy atom. The molecular formula is C18H12Cl2FN5. The second-order valence-corrected chi connectivity index (χ2v) is 6.35. The fourth-order valence-corrected chi connectivity index (χ4v) is 2.91. The average Bonchev–Trinajstić information content (AvgIpc) is 3.06. The first-order valence-electron chi connectivity index (χ1n) is 7.74. The van der Waals surface area contributed by atoms with Gasteiger partial charge in [-0.2, -0.15) is 0 Å². The highest BCUT2D eigenvalue weighted by atomic mass is 35.5. The second kappa shape index (κ2) is 6.90. The van der Waals surface area contributed by atoms with E-state index >= 15 is 0 Å². The summed E-state index contributed by atoms with van der Waals surface area (Å²) in [5.41, 5.74) is 3.81. The average molecular weight is 388 g/mol. The first kappa shape index (κ1) is 16.8. The van der Waals surface area contributed by atoms with Gasteiger partial charge >= 0.3 is 0 Å². The standard InChI is InChI=1S/C18H12Cl2FN5/c19-14-8-24-18(20)25-17(14)15-9-23-16-6-5-13(10-26(15)16)22-7-11-1-3-12(21)4-2-11/h1-6,8-10,22H,7H2. The van der Waals surface area contributed by atoms with Crippen molar-refractivity contribution in [2.45, 2.75) is 6.54 Å². The van der Waals surface area contributed by atoms with Crippen molar-refractivity contribution < 1.29 is 4.39 Å². The fourth-order valence-electron chi connectivity index (χ4n) is 2.59. The maximum absolute atomic E-state index is 13.0. The third kappa shape index (κ3) is 3.34. The van der Waals surface area contributed by atoms with E-state index in [0.717, 1.165) is 16.9 Å². The van der Waals surface area contributed by atoms with E-state index in [-0.39, 0.29) is 11.1 Å². The molecule has 130 valence electrons. The minimum Gasteiger partial charge on any atom is -0.380 e. The van der Waals surface area contributed by atoms with Gasteiger partial charge in [0.15, 0.2) is 0 Å². The van der Waals surface area contributed by atoms with Crippen LogP contribution < -0.4 is 5.32 Å². The van der Waals surface area contributed by atoms with Crippen molar-refractivity contribution in [2.24, 2.45) is 0 Å². The smallest absolute Gasteiger partial charge is 0.223 e. The number of aromatic nitrogens is 4. The van der Waals surface area contributed by atoms with E-state index in [9.17, 15) is 4.39 Å².